The van der Waals surface area contributed by atoms with E-state index < -0.39 is 5.97 Å². The Hall–Kier alpha value is -2.41. The number of halogens is 1. The van der Waals surface area contributed by atoms with Gasteiger partial charge in [-0.25, -0.2) is 4.79 Å². The number of ether oxygens (including phenoxy) is 5. The van der Waals surface area contributed by atoms with Gasteiger partial charge in [0.25, 0.3) is 0 Å². The monoisotopic (exact) mass is 410 g/mol. The van der Waals surface area contributed by atoms with E-state index in [4.69, 9.17) is 23.7 Å². The molecule has 0 bridgehead atoms. The Morgan fingerprint density at radius 2 is 1.72 bits per heavy atom. The van der Waals surface area contributed by atoms with Crippen molar-refractivity contribution in [3.63, 3.8) is 0 Å². The molecule has 2 rings (SSSR count). The van der Waals surface area contributed by atoms with Crippen molar-refractivity contribution in [3.8, 4) is 23.0 Å². The molecule has 0 heterocycles. The van der Waals surface area contributed by atoms with Crippen LogP contribution in [-0.4, -0.2) is 40.5 Å². The summed E-state index contributed by atoms with van der Waals surface area (Å²) in [4.78, 5) is 12.3. The molecule has 2 aromatic rings. The minimum Gasteiger partial charge on any atom is -0.493 e. The molecule has 25 heavy (non-hydrogen) atoms. The van der Waals surface area contributed by atoms with Crippen molar-refractivity contribution in [2.24, 2.45) is 0 Å². The number of hydrogen-bond acceptors (Lipinski definition) is 6. The standard InChI is InChI=1S/C18H19BrO6/c1-21-15-8-7-14(16(22-2)17(15)23-3)18(20)25-10-9-24-13-6-4-5-12(19)11-13/h4-8,11H,9-10H2,1-3H3. The highest BCUT2D eigenvalue weighted by Gasteiger charge is 2.21. The largest absolute Gasteiger partial charge is 0.493 e. The van der Waals surface area contributed by atoms with Crippen LogP contribution in [0.25, 0.3) is 0 Å². The van der Waals surface area contributed by atoms with Crippen molar-refractivity contribution in [1.29, 1.82) is 0 Å². The smallest absolute Gasteiger partial charge is 0.342 e. The average Bonchev–Trinajstić information content (AvgIpc) is 2.63. The average molecular weight is 411 g/mol. The number of methoxy groups -OCH3 is 3. The maximum atomic E-state index is 12.3. The van der Waals surface area contributed by atoms with Crippen molar-refractivity contribution < 1.29 is 28.5 Å². The molecule has 0 radical (unpaired) electrons. The molecule has 0 fully saturated rings. The van der Waals surface area contributed by atoms with Gasteiger partial charge in [0.15, 0.2) is 11.5 Å². The minimum atomic E-state index is -0.532. The Bertz CT molecular complexity index is 732. The van der Waals surface area contributed by atoms with Crippen LogP contribution in [0, 0.1) is 0 Å². The minimum absolute atomic E-state index is 0.100. The van der Waals surface area contributed by atoms with Gasteiger partial charge in [0.2, 0.25) is 5.75 Å². The van der Waals surface area contributed by atoms with Gasteiger partial charge in [-0.2, -0.15) is 0 Å². The molecule has 0 saturated carbocycles. The molecule has 0 unspecified atom stereocenters. The molecule has 0 atom stereocenters. The zero-order valence-corrected chi connectivity index (χ0v) is 15.8. The number of rotatable bonds is 8. The van der Waals surface area contributed by atoms with Crippen molar-refractivity contribution in [1.82, 2.24) is 0 Å². The molecular formula is C18H19BrO6. The van der Waals surface area contributed by atoms with E-state index in [1.165, 1.54) is 21.3 Å². The van der Waals surface area contributed by atoms with E-state index in [1.807, 2.05) is 24.3 Å². The van der Waals surface area contributed by atoms with Gasteiger partial charge in [-0.15, -0.1) is 0 Å². The number of benzene rings is 2. The predicted molar refractivity (Wildman–Crippen MR) is 96.0 cm³/mol. The first-order valence-corrected chi connectivity index (χ1v) is 8.24. The summed E-state index contributed by atoms with van der Waals surface area (Å²) in [7, 11) is 4.43. The molecule has 134 valence electrons. The van der Waals surface area contributed by atoms with Gasteiger partial charge < -0.3 is 23.7 Å². The third kappa shape index (κ3) is 4.79. The van der Waals surface area contributed by atoms with Gasteiger partial charge in [0, 0.05) is 4.47 Å². The molecule has 7 heteroatoms. The second kappa shape index (κ2) is 9.17. The third-order valence-electron chi connectivity index (χ3n) is 3.31. The molecule has 0 amide bonds. The van der Waals surface area contributed by atoms with Crippen LogP contribution < -0.4 is 18.9 Å². The maximum absolute atomic E-state index is 12.3. The van der Waals surface area contributed by atoms with Crippen LogP contribution in [-0.2, 0) is 4.74 Å². The Morgan fingerprint density at radius 1 is 0.960 bits per heavy atom. The number of carbonyl (C=O) groups is 1. The lowest BCUT2D eigenvalue weighted by molar-refractivity contribution is 0.0446. The van der Waals surface area contributed by atoms with Gasteiger partial charge in [-0.3, -0.25) is 0 Å². The van der Waals surface area contributed by atoms with Crippen LogP contribution >= 0.6 is 15.9 Å². The Labute approximate surface area is 154 Å². The van der Waals surface area contributed by atoms with Crippen LogP contribution in [0.4, 0.5) is 0 Å². The Kier molecular flexibility index (Phi) is 6.94. The summed E-state index contributed by atoms with van der Waals surface area (Å²) in [6, 6.07) is 10.6. The Morgan fingerprint density at radius 3 is 2.36 bits per heavy atom. The van der Waals surface area contributed by atoms with E-state index in [0.717, 1.165) is 4.47 Å². The molecule has 6 nitrogen and oxygen atoms in total. The zero-order chi connectivity index (χ0) is 18.2. The fourth-order valence-corrected chi connectivity index (χ4v) is 2.57. The van der Waals surface area contributed by atoms with Gasteiger partial charge in [0.05, 0.1) is 21.3 Å². The van der Waals surface area contributed by atoms with Crippen molar-refractivity contribution in [2.45, 2.75) is 0 Å². The van der Waals surface area contributed by atoms with Crippen LogP contribution in [0.15, 0.2) is 40.9 Å². The second-order valence-corrected chi connectivity index (χ2v) is 5.74. The zero-order valence-electron chi connectivity index (χ0n) is 14.2. The molecule has 0 N–H and O–H groups in total. The summed E-state index contributed by atoms with van der Waals surface area (Å²) < 4.78 is 27.4. The summed E-state index contributed by atoms with van der Waals surface area (Å²) in [5.41, 5.74) is 0.252. The van der Waals surface area contributed by atoms with E-state index in [2.05, 4.69) is 15.9 Å². The second-order valence-electron chi connectivity index (χ2n) is 4.82. The predicted octanol–water partition coefficient (Wildman–Crippen LogP) is 3.71. The molecule has 0 aromatic heterocycles. The summed E-state index contributed by atoms with van der Waals surface area (Å²) in [5, 5.41) is 0. The lowest BCUT2D eigenvalue weighted by Crippen LogP contribution is -2.13. The lowest BCUT2D eigenvalue weighted by Gasteiger charge is -2.15. The first-order chi connectivity index (χ1) is 12.1. The van der Waals surface area contributed by atoms with E-state index in [1.54, 1.807) is 12.1 Å². The molecule has 2 aromatic carbocycles. The summed E-state index contributed by atoms with van der Waals surface area (Å²) >= 11 is 3.36. The summed E-state index contributed by atoms with van der Waals surface area (Å²) in [6.45, 7) is 0.334. The third-order valence-corrected chi connectivity index (χ3v) is 3.80. The highest BCUT2D eigenvalue weighted by atomic mass is 79.9. The number of carbonyl (C=O) groups excluding carboxylic acids is 1. The lowest BCUT2D eigenvalue weighted by atomic mass is 10.1. The van der Waals surface area contributed by atoms with Crippen LogP contribution in [0.3, 0.4) is 0 Å². The highest BCUT2D eigenvalue weighted by molar-refractivity contribution is 9.10. The Balaban J connectivity index is 1.98. The first-order valence-electron chi connectivity index (χ1n) is 7.45. The van der Waals surface area contributed by atoms with Crippen LogP contribution in [0.5, 0.6) is 23.0 Å². The van der Waals surface area contributed by atoms with E-state index in [0.29, 0.717) is 17.2 Å². The van der Waals surface area contributed by atoms with Crippen LogP contribution in [0.2, 0.25) is 0 Å². The quantitative estimate of drug-likeness (QED) is 0.488. The van der Waals surface area contributed by atoms with E-state index in [-0.39, 0.29) is 24.5 Å². The highest BCUT2D eigenvalue weighted by Crippen LogP contribution is 2.39. The van der Waals surface area contributed by atoms with Crippen molar-refractivity contribution in [3.05, 3.63) is 46.4 Å². The molecular weight excluding hydrogens is 392 g/mol. The molecule has 0 saturated heterocycles. The maximum Gasteiger partial charge on any atom is 0.342 e. The molecule has 0 spiro atoms. The van der Waals surface area contributed by atoms with Gasteiger partial charge in [0.1, 0.15) is 24.5 Å². The molecule has 0 aliphatic carbocycles. The SMILES string of the molecule is COc1ccc(C(=O)OCCOc2cccc(Br)c2)c(OC)c1OC. The van der Waals surface area contributed by atoms with E-state index >= 15 is 0 Å². The molecule has 0 aliphatic rings. The molecule has 0 aliphatic heterocycles. The normalized spacial score (nSPS) is 10.1. The topological polar surface area (TPSA) is 63.2 Å². The fourth-order valence-electron chi connectivity index (χ4n) is 2.19. The number of hydrogen-bond donors (Lipinski definition) is 0. The van der Waals surface area contributed by atoms with Crippen molar-refractivity contribution in [2.75, 3.05) is 34.5 Å². The fraction of sp³-hybridized carbons (Fsp3) is 0.278. The first kappa shape index (κ1) is 18.9. The van der Waals surface area contributed by atoms with Gasteiger partial charge in [-0.1, -0.05) is 22.0 Å². The van der Waals surface area contributed by atoms with Gasteiger partial charge >= 0.3 is 5.97 Å². The van der Waals surface area contributed by atoms with E-state index in [9.17, 15) is 4.79 Å². The van der Waals surface area contributed by atoms with Crippen molar-refractivity contribution >= 4 is 21.9 Å². The summed E-state index contributed by atoms with van der Waals surface area (Å²) in [5.74, 6) is 1.23. The van der Waals surface area contributed by atoms with Gasteiger partial charge in [-0.05, 0) is 30.3 Å². The van der Waals surface area contributed by atoms with Crippen LogP contribution in [0.1, 0.15) is 10.4 Å². The summed E-state index contributed by atoms with van der Waals surface area (Å²) in [6.07, 6.45) is 0. The number of esters is 1.